The van der Waals surface area contributed by atoms with Gasteiger partial charge in [-0.3, -0.25) is 19.2 Å². The Morgan fingerprint density at radius 3 is 2.24 bits per heavy atom. The smallest absolute Gasteiger partial charge is 0.243 e. The Bertz CT molecular complexity index is 1120. The molecule has 4 amide bonds. The van der Waals surface area contributed by atoms with Crippen LogP contribution in [0.1, 0.15) is 30.9 Å². The average Bonchev–Trinajstić information content (AvgIpc) is 3.38. The third-order valence-corrected chi connectivity index (χ3v) is 6.55. The molecular weight excluding hydrogens is 490 g/mol. The standard InChI is InChI=1S/C27H35N5O6/c1-16(33)23(24(29)35)31-25(36)21(15-17-6-3-2-4-7-17)30-26(37)22-8-5-13-32(22)27(38)20(28)14-18-9-11-19(34)12-10-18/h2-4,6-7,9-12,16,20-23,33-34H,5,8,13-15,28H2,1H3,(H2,29,35)(H,30,37)(H,31,36). The van der Waals surface area contributed by atoms with Gasteiger partial charge in [0, 0.05) is 13.0 Å². The summed E-state index contributed by atoms with van der Waals surface area (Å²) in [6, 6.07) is 11.2. The van der Waals surface area contributed by atoms with Gasteiger partial charge in [0.15, 0.2) is 0 Å². The number of carbonyl (C=O) groups excluding carboxylic acids is 4. The van der Waals surface area contributed by atoms with Crippen LogP contribution < -0.4 is 22.1 Å². The molecule has 38 heavy (non-hydrogen) atoms. The summed E-state index contributed by atoms with van der Waals surface area (Å²) in [6.07, 6.45) is 0.113. The number of benzene rings is 2. The highest BCUT2D eigenvalue weighted by molar-refractivity contribution is 5.95. The number of rotatable bonds is 11. The molecule has 5 atom stereocenters. The highest BCUT2D eigenvalue weighted by Crippen LogP contribution is 2.20. The molecule has 1 heterocycles. The van der Waals surface area contributed by atoms with Crippen LogP contribution in [0.4, 0.5) is 0 Å². The van der Waals surface area contributed by atoms with Gasteiger partial charge in [0.05, 0.1) is 12.1 Å². The van der Waals surface area contributed by atoms with Crippen molar-refractivity contribution >= 4 is 23.6 Å². The van der Waals surface area contributed by atoms with Crippen molar-refractivity contribution in [2.45, 2.75) is 62.9 Å². The zero-order valence-electron chi connectivity index (χ0n) is 21.2. The quantitative estimate of drug-likeness (QED) is 0.224. The van der Waals surface area contributed by atoms with E-state index in [1.807, 2.05) is 6.07 Å². The van der Waals surface area contributed by atoms with Gasteiger partial charge in [-0.2, -0.15) is 0 Å². The van der Waals surface area contributed by atoms with Crippen molar-refractivity contribution in [3.63, 3.8) is 0 Å². The molecule has 5 unspecified atom stereocenters. The molecule has 1 aliphatic rings. The number of hydrogen-bond acceptors (Lipinski definition) is 7. The van der Waals surface area contributed by atoms with Crippen molar-refractivity contribution < 1.29 is 29.4 Å². The molecule has 2 aromatic carbocycles. The van der Waals surface area contributed by atoms with Crippen LogP contribution in [0.5, 0.6) is 5.75 Å². The summed E-state index contributed by atoms with van der Waals surface area (Å²) in [5, 5.41) is 24.5. The number of phenols is 1. The maximum Gasteiger partial charge on any atom is 0.243 e. The lowest BCUT2D eigenvalue weighted by atomic mass is 10.0. The number of hydrogen-bond donors (Lipinski definition) is 6. The summed E-state index contributed by atoms with van der Waals surface area (Å²) in [5.41, 5.74) is 13.0. The number of nitrogens with one attached hydrogen (secondary N) is 2. The molecule has 2 aromatic rings. The molecule has 0 bridgehead atoms. The van der Waals surface area contributed by atoms with Crippen LogP contribution in [0, 0.1) is 0 Å². The monoisotopic (exact) mass is 525 g/mol. The molecule has 1 aliphatic heterocycles. The van der Waals surface area contributed by atoms with E-state index in [9.17, 15) is 29.4 Å². The third kappa shape index (κ3) is 7.53. The number of aliphatic hydroxyl groups excluding tert-OH is 1. The Kier molecular flexibility index (Phi) is 9.80. The molecule has 1 saturated heterocycles. The van der Waals surface area contributed by atoms with Crippen molar-refractivity contribution in [3.8, 4) is 5.75 Å². The van der Waals surface area contributed by atoms with E-state index in [4.69, 9.17) is 11.5 Å². The van der Waals surface area contributed by atoms with E-state index in [0.717, 1.165) is 11.1 Å². The molecule has 204 valence electrons. The zero-order valence-corrected chi connectivity index (χ0v) is 21.2. The molecular formula is C27H35N5O6. The summed E-state index contributed by atoms with van der Waals surface area (Å²) in [5.74, 6) is -2.39. The zero-order chi connectivity index (χ0) is 27.8. The van der Waals surface area contributed by atoms with E-state index in [1.165, 1.54) is 24.0 Å². The Morgan fingerprint density at radius 2 is 1.63 bits per heavy atom. The number of nitrogens with zero attached hydrogens (tertiary/aromatic N) is 1. The van der Waals surface area contributed by atoms with Crippen LogP contribution in [-0.4, -0.2) is 75.6 Å². The van der Waals surface area contributed by atoms with Crippen molar-refractivity contribution in [2.24, 2.45) is 11.5 Å². The molecule has 0 spiro atoms. The van der Waals surface area contributed by atoms with Crippen LogP contribution in [-0.2, 0) is 32.0 Å². The van der Waals surface area contributed by atoms with E-state index >= 15 is 0 Å². The topological polar surface area (TPSA) is 188 Å². The Balaban J connectivity index is 1.72. The van der Waals surface area contributed by atoms with Crippen molar-refractivity contribution in [3.05, 3.63) is 65.7 Å². The van der Waals surface area contributed by atoms with Crippen LogP contribution in [0.15, 0.2) is 54.6 Å². The minimum absolute atomic E-state index is 0.106. The Morgan fingerprint density at radius 1 is 1.00 bits per heavy atom. The second-order valence-corrected chi connectivity index (χ2v) is 9.55. The van der Waals surface area contributed by atoms with Crippen LogP contribution in [0.2, 0.25) is 0 Å². The number of aliphatic hydroxyl groups is 1. The summed E-state index contributed by atoms with van der Waals surface area (Å²) in [7, 11) is 0. The largest absolute Gasteiger partial charge is 0.508 e. The summed E-state index contributed by atoms with van der Waals surface area (Å²) >= 11 is 0. The minimum atomic E-state index is -1.33. The lowest BCUT2D eigenvalue weighted by Gasteiger charge is -2.29. The third-order valence-electron chi connectivity index (χ3n) is 6.55. The Hall–Kier alpha value is -3.96. The van der Waals surface area contributed by atoms with Crippen molar-refractivity contribution in [1.82, 2.24) is 15.5 Å². The number of amides is 4. The molecule has 0 radical (unpaired) electrons. The molecule has 1 fully saturated rings. The second kappa shape index (κ2) is 13.0. The van der Waals surface area contributed by atoms with Gasteiger partial charge in [0.1, 0.15) is 23.9 Å². The van der Waals surface area contributed by atoms with Crippen LogP contribution in [0.3, 0.4) is 0 Å². The van der Waals surface area contributed by atoms with Gasteiger partial charge in [-0.25, -0.2) is 0 Å². The summed E-state index contributed by atoms with van der Waals surface area (Å²) in [4.78, 5) is 52.7. The fraction of sp³-hybridized carbons (Fsp3) is 0.407. The van der Waals surface area contributed by atoms with E-state index in [2.05, 4.69) is 10.6 Å². The maximum absolute atomic E-state index is 13.3. The Labute approximate surface area is 221 Å². The SMILES string of the molecule is CC(O)C(NC(=O)C(Cc1ccccc1)NC(=O)C1CCCN1C(=O)C(N)Cc1ccc(O)cc1)C(N)=O. The van der Waals surface area contributed by atoms with Gasteiger partial charge in [-0.1, -0.05) is 42.5 Å². The highest BCUT2D eigenvalue weighted by Gasteiger charge is 2.38. The van der Waals surface area contributed by atoms with Gasteiger partial charge >= 0.3 is 0 Å². The maximum atomic E-state index is 13.3. The lowest BCUT2D eigenvalue weighted by molar-refractivity contribution is -0.140. The van der Waals surface area contributed by atoms with Gasteiger partial charge in [0.2, 0.25) is 23.6 Å². The number of carbonyl (C=O) groups is 4. The predicted molar refractivity (Wildman–Crippen MR) is 139 cm³/mol. The highest BCUT2D eigenvalue weighted by atomic mass is 16.3. The molecule has 0 aromatic heterocycles. The molecule has 3 rings (SSSR count). The van der Waals surface area contributed by atoms with E-state index in [-0.39, 0.29) is 24.5 Å². The predicted octanol–water partition coefficient (Wildman–Crippen LogP) is -0.669. The van der Waals surface area contributed by atoms with Crippen LogP contribution >= 0.6 is 0 Å². The number of phenolic OH excluding ortho intramolecular Hbond substituents is 1. The first-order valence-electron chi connectivity index (χ1n) is 12.5. The van der Waals surface area contributed by atoms with Crippen molar-refractivity contribution in [1.29, 1.82) is 0 Å². The fourth-order valence-electron chi connectivity index (χ4n) is 4.50. The summed E-state index contributed by atoms with van der Waals surface area (Å²) in [6.45, 7) is 1.67. The van der Waals surface area contributed by atoms with Gasteiger partial charge in [-0.05, 0) is 49.4 Å². The second-order valence-electron chi connectivity index (χ2n) is 9.55. The van der Waals surface area contributed by atoms with Crippen LogP contribution in [0.25, 0.3) is 0 Å². The van der Waals surface area contributed by atoms with Crippen molar-refractivity contribution in [2.75, 3.05) is 6.54 Å². The van der Waals surface area contributed by atoms with Gasteiger partial charge < -0.3 is 37.2 Å². The fourth-order valence-corrected chi connectivity index (χ4v) is 4.50. The molecule has 0 aliphatic carbocycles. The van der Waals surface area contributed by atoms with Gasteiger partial charge in [0.25, 0.3) is 0 Å². The lowest BCUT2D eigenvalue weighted by Crippen LogP contribution is -2.59. The average molecular weight is 526 g/mol. The minimum Gasteiger partial charge on any atom is -0.508 e. The summed E-state index contributed by atoms with van der Waals surface area (Å²) < 4.78 is 0. The number of likely N-dealkylation sites (tertiary alicyclic amines) is 1. The first-order valence-corrected chi connectivity index (χ1v) is 12.5. The molecule has 11 heteroatoms. The van der Waals surface area contributed by atoms with Gasteiger partial charge in [-0.15, -0.1) is 0 Å². The molecule has 8 N–H and O–H groups in total. The number of primary amides is 1. The first kappa shape index (κ1) is 28.6. The molecule has 0 saturated carbocycles. The number of nitrogens with two attached hydrogens (primary N) is 2. The normalized spacial score (nSPS) is 18.2. The van der Waals surface area contributed by atoms with E-state index < -0.39 is 48.0 Å². The number of aromatic hydroxyl groups is 1. The van der Waals surface area contributed by atoms with E-state index in [0.29, 0.717) is 19.4 Å². The molecule has 11 nitrogen and oxygen atoms in total. The first-order chi connectivity index (χ1) is 18.1. The van der Waals surface area contributed by atoms with E-state index in [1.54, 1.807) is 36.4 Å².